The van der Waals surface area contributed by atoms with Gasteiger partial charge in [-0.25, -0.2) is 4.39 Å². The molecule has 0 radical (unpaired) electrons. The number of nitrogens with one attached hydrogen (secondary N) is 1. The molecule has 5 heteroatoms. The zero-order chi connectivity index (χ0) is 13.5. The lowest BCUT2D eigenvalue weighted by atomic mass is 10.1. The van der Waals surface area contributed by atoms with Crippen LogP contribution in [-0.4, -0.2) is 24.4 Å². The van der Waals surface area contributed by atoms with Gasteiger partial charge < -0.3 is 10.1 Å². The molecule has 1 amide bonds. The zero-order valence-electron chi connectivity index (χ0n) is 10.5. The van der Waals surface area contributed by atoms with E-state index in [9.17, 15) is 9.18 Å². The van der Waals surface area contributed by atoms with Crippen LogP contribution in [0.1, 0.15) is 30.1 Å². The average Bonchev–Trinajstić information content (AvgIpc) is 2.37. The summed E-state index contributed by atoms with van der Waals surface area (Å²) in [6.07, 6.45) is 1.79. The van der Waals surface area contributed by atoms with E-state index in [1.54, 1.807) is 6.07 Å². The van der Waals surface area contributed by atoms with Crippen molar-refractivity contribution in [2.45, 2.75) is 24.6 Å². The van der Waals surface area contributed by atoms with E-state index in [0.29, 0.717) is 11.4 Å². The van der Waals surface area contributed by atoms with Crippen LogP contribution in [-0.2, 0) is 0 Å². The number of rotatable bonds is 6. The summed E-state index contributed by atoms with van der Waals surface area (Å²) in [5, 5.41) is 2.69. The Kier molecular flexibility index (Phi) is 6.12. The second-order valence-electron chi connectivity index (χ2n) is 3.87. The van der Waals surface area contributed by atoms with E-state index in [4.69, 9.17) is 4.74 Å². The quantitative estimate of drug-likeness (QED) is 0.819. The van der Waals surface area contributed by atoms with Crippen molar-refractivity contribution >= 4 is 21.8 Å². The van der Waals surface area contributed by atoms with Crippen LogP contribution in [0, 0.1) is 5.82 Å². The summed E-state index contributed by atoms with van der Waals surface area (Å²) < 4.78 is 18.6. The molecule has 0 aliphatic heterocycles. The summed E-state index contributed by atoms with van der Waals surface area (Å²) in [4.78, 5) is 12.2. The third kappa shape index (κ3) is 3.98. The van der Waals surface area contributed by atoms with Crippen molar-refractivity contribution in [1.82, 2.24) is 5.32 Å². The van der Waals surface area contributed by atoms with Crippen molar-refractivity contribution in [1.29, 1.82) is 0 Å². The number of carbonyl (C=O) groups is 1. The molecule has 1 rings (SSSR count). The topological polar surface area (TPSA) is 38.3 Å². The van der Waals surface area contributed by atoms with Crippen LogP contribution in [0.2, 0.25) is 0 Å². The van der Waals surface area contributed by atoms with E-state index >= 15 is 0 Å². The first kappa shape index (κ1) is 15.0. The number of hydrogen-bond acceptors (Lipinski definition) is 2. The van der Waals surface area contributed by atoms with Gasteiger partial charge in [0.25, 0.3) is 5.91 Å². The number of hydrogen-bond donors (Lipinski definition) is 1. The Labute approximate surface area is 115 Å². The lowest BCUT2D eigenvalue weighted by molar-refractivity contribution is 0.0946. The smallest absolute Gasteiger partial charge is 0.258 e. The molecule has 0 saturated heterocycles. The molecule has 100 valence electrons. The number of carbonyl (C=O) groups excluding carboxylic acids is 1. The van der Waals surface area contributed by atoms with E-state index in [1.807, 2.05) is 0 Å². The van der Waals surface area contributed by atoms with Gasteiger partial charge in [0.05, 0.1) is 7.11 Å². The van der Waals surface area contributed by atoms with E-state index in [0.717, 1.165) is 12.8 Å². The fraction of sp³-hybridized carbons (Fsp3) is 0.462. The molecular formula is C13H17BrFNO2. The third-order valence-electron chi connectivity index (χ3n) is 2.61. The lowest BCUT2D eigenvalue weighted by Crippen LogP contribution is -2.27. The van der Waals surface area contributed by atoms with Crippen LogP contribution in [0.3, 0.4) is 0 Å². The van der Waals surface area contributed by atoms with Gasteiger partial charge in [0.1, 0.15) is 17.1 Å². The molecule has 0 heterocycles. The Hall–Kier alpha value is -1.10. The average molecular weight is 318 g/mol. The second-order valence-corrected chi connectivity index (χ2v) is 5.16. The molecule has 0 spiro atoms. The van der Waals surface area contributed by atoms with Gasteiger partial charge in [0, 0.05) is 11.4 Å². The number of methoxy groups -OCH3 is 1. The van der Waals surface area contributed by atoms with Gasteiger partial charge in [-0.05, 0) is 25.0 Å². The molecule has 0 aliphatic carbocycles. The highest BCUT2D eigenvalue weighted by atomic mass is 79.9. The van der Waals surface area contributed by atoms with Crippen LogP contribution in [0.15, 0.2) is 18.2 Å². The van der Waals surface area contributed by atoms with Gasteiger partial charge in [-0.15, -0.1) is 0 Å². The monoisotopic (exact) mass is 317 g/mol. The molecule has 0 fully saturated rings. The Morgan fingerprint density at radius 2 is 2.28 bits per heavy atom. The lowest BCUT2D eigenvalue weighted by Gasteiger charge is -2.11. The predicted molar refractivity (Wildman–Crippen MR) is 72.9 cm³/mol. The summed E-state index contributed by atoms with van der Waals surface area (Å²) >= 11 is 3.48. The highest BCUT2D eigenvalue weighted by Crippen LogP contribution is 2.20. The fourth-order valence-electron chi connectivity index (χ4n) is 1.53. The van der Waals surface area contributed by atoms with Crippen LogP contribution in [0.25, 0.3) is 0 Å². The third-order valence-corrected chi connectivity index (χ3v) is 3.71. The van der Waals surface area contributed by atoms with E-state index in [2.05, 4.69) is 28.2 Å². The molecule has 0 bridgehead atoms. The number of ether oxygens (including phenoxy) is 1. The van der Waals surface area contributed by atoms with Crippen LogP contribution < -0.4 is 10.1 Å². The van der Waals surface area contributed by atoms with Crippen LogP contribution in [0.4, 0.5) is 4.39 Å². The molecule has 18 heavy (non-hydrogen) atoms. The van der Waals surface area contributed by atoms with Crippen molar-refractivity contribution in [2.24, 2.45) is 0 Å². The standard InChI is InChI=1S/C13H17BrFNO2/c1-3-9(14)7-8-16-13(17)12-10(15)5-4-6-11(12)18-2/h4-6,9H,3,7-8H2,1-2H3,(H,16,17). The highest BCUT2D eigenvalue weighted by Gasteiger charge is 2.17. The fourth-order valence-corrected chi connectivity index (χ4v) is 1.76. The first-order valence-electron chi connectivity index (χ1n) is 5.84. The van der Waals surface area contributed by atoms with Crippen molar-refractivity contribution < 1.29 is 13.9 Å². The van der Waals surface area contributed by atoms with Gasteiger partial charge in [-0.1, -0.05) is 28.9 Å². The van der Waals surface area contributed by atoms with Gasteiger partial charge in [0.15, 0.2) is 0 Å². The number of halogens is 2. The van der Waals surface area contributed by atoms with E-state index in [-0.39, 0.29) is 11.3 Å². The summed E-state index contributed by atoms with van der Waals surface area (Å²) in [5.41, 5.74) is -0.0392. The van der Waals surface area contributed by atoms with Crippen LogP contribution >= 0.6 is 15.9 Å². The molecular weight excluding hydrogens is 301 g/mol. The number of benzene rings is 1. The van der Waals surface area contributed by atoms with Gasteiger partial charge in [0.2, 0.25) is 0 Å². The van der Waals surface area contributed by atoms with Crippen molar-refractivity contribution in [3.63, 3.8) is 0 Å². The Bertz CT molecular complexity index is 412. The van der Waals surface area contributed by atoms with Gasteiger partial charge in [-0.3, -0.25) is 4.79 Å². The minimum Gasteiger partial charge on any atom is -0.496 e. The summed E-state index contributed by atoms with van der Waals surface area (Å²) in [7, 11) is 1.41. The van der Waals surface area contributed by atoms with Crippen molar-refractivity contribution in [3.8, 4) is 5.75 Å². The molecule has 0 aromatic heterocycles. The number of alkyl halides is 1. The summed E-state index contributed by atoms with van der Waals surface area (Å²) in [6, 6.07) is 4.32. The van der Waals surface area contributed by atoms with Gasteiger partial charge >= 0.3 is 0 Å². The predicted octanol–water partition coefficient (Wildman–Crippen LogP) is 3.13. The Morgan fingerprint density at radius 3 is 2.89 bits per heavy atom. The Balaban J connectivity index is 2.67. The molecule has 1 atom stereocenters. The number of amides is 1. The first-order valence-corrected chi connectivity index (χ1v) is 6.76. The summed E-state index contributed by atoms with van der Waals surface area (Å²) in [6.45, 7) is 2.56. The van der Waals surface area contributed by atoms with E-state index in [1.165, 1.54) is 19.2 Å². The maximum Gasteiger partial charge on any atom is 0.258 e. The SMILES string of the molecule is CCC(Br)CCNC(=O)c1c(F)cccc1OC. The first-order chi connectivity index (χ1) is 8.60. The molecule has 0 aliphatic rings. The maximum absolute atomic E-state index is 13.6. The molecule has 1 aromatic carbocycles. The normalized spacial score (nSPS) is 12.0. The van der Waals surface area contributed by atoms with Crippen molar-refractivity contribution in [3.05, 3.63) is 29.6 Å². The second kappa shape index (κ2) is 7.36. The molecule has 0 saturated carbocycles. The minimum absolute atomic E-state index is 0.0392. The zero-order valence-corrected chi connectivity index (χ0v) is 12.1. The highest BCUT2D eigenvalue weighted by molar-refractivity contribution is 9.09. The molecule has 1 N–H and O–H groups in total. The largest absolute Gasteiger partial charge is 0.496 e. The maximum atomic E-state index is 13.6. The molecule has 1 unspecified atom stereocenters. The van der Waals surface area contributed by atoms with Crippen molar-refractivity contribution in [2.75, 3.05) is 13.7 Å². The Morgan fingerprint density at radius 1 is 1.56 bits per heavy atom. The van der Waals surface area contributed by atoms with Gasteiger partial charge in [-0.2, -0.15) is 0 Å². The van der Waals surface area contributed by atoms with E-state index < -0.39 is 11.7 Å². The summed E-state index contributed by atoms with van der Waals surface area (Å²) in [5.74, 6) is -0.767. The molecule has 3 nitrogen and oxygen atoms in total. The minimum atomic E-state index is -0.572. The molecule has 1 aromatic rings. The van der Waals surface area contributed by atoms with Crippen LogP contribution in [0.5, 0.6) is 5.75 Å².